The fraction of sp³-hybridized carbons (Fsp3) is 0.391. The SMILES string of the molecule is Cc1ccc(C)c([C@@H]2C[C@H]3C[C@H]2[C@H]2C(=O)N(c4cccc(Cl)c4)C(=O)[C@H]32)c1. The van der Waals surface area contributed by atoms with Gasteiger partial charge in [-0.25, -0.2) is 4.90 Å². The summed E-state index contributed by atoms with van der Waals surface area (Å²) in [6.07, 6.45) is 2.01. The number of anilines is 1. The zero-order valence-electron chi connectivity index (χ0n) is 15.5. The number of aryl methyl sites for hydroxylation is 2. The van der Waals surface area contributed by atoms with E-state index in [-0.39, 0.29) is 29.6 Å². The predicted molar refractivity (Wildman–Crippen MR) is 106 cm³/mol. The van der Waals surface area contributed by atoms with Gasteiger partial charge in [0.05, 0.1) is 17.5 Å². The van der Waals surface area contributed by atoms with Crippen LogP contribution in [0.15, 0.2) is 42.5 Å². The van der Waals surface area contributed by atoms with Crippen LogP contribution in [0.4, 0.5) is 5.69 Å². The molecule has 2 bridgehead atoms. The van der Waals surface area contributed by atoms with Gasteiger partial charge in [-0.15, -0.1) is 0 Å². The largest absolute Gasteiger partial charge is 0.274 e. The van der Waals surface area contributed by atoms with E-state index >= 15 is 0 Å². The van der Waals surface area contributed by atoms with E-state index < -0.39 is 0 Å². The molecule has 2 saturated carbocycles. The minimum atomic E-state index is -0.180. The summed E-state index contributed by atoms with van der Waals surface area (Å²) in [5.41, 5.74) is 4.51. The van der Waals surface area contributed by atoms with E-state index in [2.05, 4.69) is 32.0 Å². The van der Waals surface area contributed by atoms with E-state index in [0.717, 1.165) is 12.8 Å². The van der Waals surface area contributed by atoms with Crippen LogP contribution in [-0.4, -0.2) is 11.8 Å². The van der Waals surface area contributed by atoms with Crippen LogP contribution >= 0.6 is 11.6 Å². The van der Waals surface area contributed by atoms with Crippen molar-refractivity contribution >= 4 is 29.1 Å². The summed E-state index contributed by atoms with van der Waals surface area (Å²) in [4.78, 5) is 27.8. The highest BCUT2D eigenvalue weighted by molar-refractivity contribution is 6.31. The Balaban J connectivity index is 1.51. The van der Waals surface area contributed by atoms with E-state index in [9.17, 15) is 9.59 Å². The second-order valence-electron chi connectivity index (χ2n) is 8.41. The molecule has 2 amide bonds. The molecule has 3 aliphatic rings. The first-order valence-corrected chi connectivity index (χ1v) is 10.0. The molecule has 0 spiro atoms. The summed E-state index contributed by atoms with van der Waals surface area (Å²) in [5, 5.41) is 0.543. The average Bonchev–Trinajstić information content (AvgIpc) is 3.28. The molecule has 138 valence electrons. The summed E-state index contributed by atoms with van der Waals surface area (Å²) in [6, 6.07) is 13.6. The van der Waals surface area contributed by atoms with Crippen LogP contribution in [0.1, 0.15) is 35.4 Å². The Hall–Kier alpha value is -2.13. The Kier molecular flexibility index (Phi) is 3.74. The Morgan fingerprint density at radius 1 is 0.963 bits per heavy atom. The van der Waals surface area contributed by atoms with Gasteiger partial charge in [-0.1, -0.05) is 41.4 Å². The first-order valence-electron chi connectivity index (χ1n) is 9.66. The van der Waals surface area contributed by atoms with Crippen molar-refractivity contribution < 1.29 is 9.59 Å². The zero-order chi connectivity index (χ0) is 18.9. The summed E-state index contributed by atoms with van der Waals surface area (Å²) >= 11 is 6.10. The fourth-order valence-corrected chi connectivity index (χ4v) is 6.03. The van der Waals surface area contributed by atoms with Gasteiger partial charge in [0.1, 0.15) is 0 Å². The van der Waals surface area contributed by atoms with Crippen LogP contribution in [0, 0.1) is 37.5 Å². The van der Waals surface area contributed by atoms with E-state index in [1.165, 1.54) is 21.6 Å². The highest BCUT2D eigenvalue weighted by atomic mass is 35.5. The Morgan fingerprint density at radius 3 is 2.52 bits per heavy atom. The van der Waals surface area contributed by atoms with Crippen molar-refractivity contribution in [1.82, 2.24) is 0 Å². The Labute approximate surface area is 164 Å². The molecule has 0 N–H and O–H groups in total. The molecular weight excluding hydrogens is 358 g/mol. The van der Waals surface area contributed by atoms with Crippen LogP contribution in [0.2, 0.25) is 5.02 Å². The number of benzene rings is 2. The molecule has 1 saturated heterocycles. The van der Waals surface area contributed by atoms with Crippen LogP contribution in [0.25, 0.3) is 0 Å². The highest BCUT2D eigenvalue weighted by Gasteiger charge is 2.64. The zero-order valence-corrected chi connectivity index (χ0v) is 16.2. The molecule has 0 unspecified atom stereocenters. The number of nitrogens with zero attached hydrogens (tertiary/aromatic N) is 1. The number of hydrogen-bond donors (Lipinski definition) is 0. The summed E-state index contributed by atoms with van der Waals surface area (Å²) in [7, 11) is 0. The molecule has 2 aromatic carbocycles. The number of amides is 2. The lowest BCUT2D eigenvalue weighted by Crippen LogP contribution is -2.33. The predicted octanol–water partition coefficient (Wildman–Crippen LogP) is 4.89. The molecular formula is C23H22ClNO2. The van der Waals surface area contributed by atoms with Crippen molar-refractivity contribution in [3.63, 3.8) is 0 Å². The minimum Gasteiger partial charge on any atom is -0.274 e. The summed E-state index contributed by atoms with van der Waals surface area (Å²) < 4.78 is 0. The maximum atomic E-state index is 13.3. The lowest BCUT2D eigenvalue weighted by Gasteiger charge is -2.30. The average molecular weight is 380 g/mol. The highest BCUT2D eigenvalue weighted by Crippen LogP contribution is 2.62. The molecule has 3 fully saturated rings. The maximum absolute atomic E-state index is 13.3. The third kappa shape index (κ3) is 2.41. The second-order valence-corrected chi connectivity index (χ2v) is 8.84. The van der Waals surface area contributed by atoms with Crippen molar-refractivity contribution in [2.45, 2.75) is 32.6 Å². The number of carbonyl (C=O) groups excluding carboxylic acids is 2. The molecule has 3 nitrogen and oxygen atoms in total. The van der Waals surface area contributed by atoms with E-state index in [4.69, 9.17) is 11.6 Å². The molecule has 0 aromatic heterocycles. The van der Waals surface area contributed by atoms with Crippen LogP contribution in [0.3, 0.4) is 0 Å². The molecule has 2 aliphatic carbocycles. The van der Waals surface area contributed by atoms with Crippen LogP contribution in [-0.2, 0) is 9.59 Å². The van der Waals surface area contributed by atoms with E-state index in [0.29, 0.717) is 22.5 Å². The third-order valence-electron chi connectivity index (χ3n) is 6.92. The lowest BCUT2D eigenvalue weighted by atomic mass is 9.72. The number of imide groups is 1. The summed E-state index contributed by atoms with van der Waals surface area (Å²) in [6.45, 7) is 4.27. The Morgan fingerprint density at radius 2 is 1.74 bits per heavy atom. The second kappa shape index (κ2) is 5.93. The molecule has 1 aliphatic heterocycles. The summed E-state index contributed by atoms with van der Waals surface area (Å²) in [5.74, 6) is 0.566. The monoisotopic (exact) mass is 379 g/mol. The molecule has 27 heavy (non-hydrogen) atoms. The fourth-order valence-electron chi connectivity index (χ4n) is 5.85. The number of rotatable bonds is 2. The maximum Gasteiger partial charge on any atom is 0.237 e. The van der Waals surface area contributed by atoms with Gasteiger partial charge in [0.2, 0.25) is 11.8 Å². The van der Waals surface area contributed by atoms with Gasteiger partial charge < -0.3 is 0 Å². The van der Waals surface area contributed by atoms with Crippen molar-refractivity contribution in [2.75, 3.05) is 4.90 Å². The number of fused-ring (bicyclic) bond motifs is 5. The lowest BCUT2D eigenvalue weighted by molar-refractivity contribution is -0.123. The van der Waals surface area contributed by atoms with Crippen LogP contribution < -0.4 is 4.90 Å². The van der Waals surface area contributed by atoms with E-state index in [1.54, 1.807) is 24.3 Å². The van der Waals surface area contributed by atoms with Gasteiger partial charge in [-0.05, 0) is 73.8 Å². The number of halogens is 1. The number of carbonyl (C=O) groups is 2. The van der Waals surface area contributed by atoms with Gasteiger partial charge in [0.15, 0.2) is 0 Å². The first-order chi connectivity index (χ1) is 13.0. The van der Waals surface area contributed by atoms with E-state index in [1.807, 2.05) is 0 Å². The van der Waals surface area contributed by atoms with Crippen molar-refractivity contribution in [2.24, 2.45) is 23.7 Å². The topological polar surface area (TPSA) is 37.4 Å². The van der Waals surface area contributed by atoms with Gasteiger partial charge in [0.25, 0.3) is 0 Å². The van der Waals surface area contributed by atoms with Crippen molar-refractivity contribution in [3.8, 4) is 0 Å². The molecule has 5 rings (SSSR count). The smallest absolute Gasteiger partial charge is 0.237 e. The molecule has 2 aromatic rings. The van der Waals surface area contributed by atoms with Gasteiger partial charge in [-0.3, -0.25) is 9.59 Å². The minimum absolute atomic E-state index is 0.0285. The normalized spacial score (nSPS) is 31.7. The van der Waals surface area contributed by atoms with Gasteiger partial charge in [-0.2, -0.15) is 0 Å². The molecule has 5 atom stereocenters. The standard InChI is InChI=1S/C23H22ClNO2/c1-12-6-7-13(2)17(8-12)18-9-14-10-19(18)21-20(14)22(26)25(23(21)27)16-5-3-4-15(24)11-16/h3-8,11,14,18-21H,9-10H2,1-2H3/t14-,18-,19+,20+,21+/m0/s1. The molecule has 4 heteroatoms. The van der Waals surface area contributed by atoms with Crippen molar-refractivity contribution in [3.05, 3.63) is 64.2 Å². The number of hydrogen-bond acceptors (Lipinski definition) is 2. The van der Waals surface area contributed by atoms with Crippen LogP contribution in [0.5, 0.6) is 0 Å². The quantitative estimate of drug-likeness (QED) is 0.697. The molecule has 0 radical (unpaired) electrons. The first kappa shape index (κ1) is 17.0. The van der Waals surface area contributed by atoms with Crippen molar-refractivity contribution in [1.29, 1.82) is 0 Å². The third-order valence-corrected chi connectivity index (χ3v) is 7.15. The van der Waals surface area contributed by atoms with Gasteiger partial charge in [0, 0.05) is 5.02 Å². The van der Waals surface area contributed by atoms with Gasteiger partial charge >= 0.3 is 0 Å². The molecule has 1 heterocycles. The Bertz CT molecular complexity index is 969.